The second-order valence-corrected chi connectivity index (χ2v) is 4.84. The molecule has 7 heteroatoms. The molecule has 0 saturated carbocycles. The Morgan fingerprint density at radius 2 is 2.15 bits per heavy atom. The molecule has 1 aliphatic rings. The van der Waals surface area contributed by atoms with Gasteiger partial charge >= 0.3 is 0 Å². The molecule has 1 aromatic carbocycles. The molecule has 0 atom stereocenters. The molecule has 0 spiro atoms. The van der Waals surface area contributed by atoms with E-state index in [9.17, 15) is 4.79 Å². The van der Waals surface area contributed by atoms with Crippen molar-refractivity contribution in [2.24, 2.45) is 5.92 Å². The van der Waals surface area contributed by atoms with E-state index in [1.165, 1.54) is 4.80 Å². The van der Waals surface area contributed by atoms with Crippen LogP contribution in [-0.2, 0) is 11.3 Å². The van der Waals surface area contributed by atoms with E-state index >= 15 is 0 Å². The first-order valence-corrected chi connectivity index (χ1v) is 6.62. The van der Waals surface area contributed by atoms with Crippen LogP contribution in [0, 0.1) is 5.92 Å². The molecular weight excluding hydrogens is 256 g/mol. The average Bonchev–Trinajstić information content (AvgIpc) is 2.86. The number of benzene rings is 1. The van der Waals surface area contributed by atoms with Gasteiger partial charge in [0, 0.05) is 31.1 Å². The van der Waals surface area contributed by atoms with Crippen molar-refractivity contribution in [1.82, 2.24) is 30.8 Å². The highest BCUT2D eigenvalue weighted by atomic mass is 16.2. The highest BCUT2D eigenvalue weighted by Gasteiger charge is 2.17. The fraction of sp³-hybridized carbons (Fsp3) is 0.385. The molecular formula is C13H16N6O. The van der Waals surface area contributed by atoms with Crippen molar-refractivity contribution in [2.45, 2.75) is 6.54 Å². The van der Waals surface area contributed by atoms with Gasteiger partial charge in [0.05, 0.1) is 0 Å². The summed E-state index contributed by atoms with van der Waals surface area (Å²) in [6.45, 7) is 2.74. The van der Waals surface area contributed by atoms with E-state index in [-0.39, 0.29) is 12.5 Å². The molecule has 0 aliphatic carbocycles. The maximum Gasteiger partial charge on any atom is 0.243 e. The third kappa shape index (κ3) is 3.00. The predicted molar refractivity (Wildman–Crippen MR) is 72.6 cm³/mol. The first-order valence-electron chi connectivity index (χ1n) is 6.62. The third-order valence-corrected chi connectivity index (χ3v) is 3.22. The van der Waals surface area contributed by atoms with Gasteiger partial charge in [-0.25, -0.2) is 0 Å². The zero-order valence-electron chi connectivity index (χ0n) is 11.0. The van der Waals surface area contributed by atoms with Crippen LogP contribution >= 0.6 is 0 Å². The molecule has 2 aromatic rings. The summed E-state index contributed by atoms with van der Waals surface area (Å²) >= 11 is 0. The molecule has 1 saturated heterocycles. The van der Waals surface area contributed by atoms with E-state index in [2.05, 4.69) is 26.0 Å². The molecule has 0 unspecified atom stereocenters. The second-order valence-electron chi connectivity index (χ2n) is 4.84. The van der Waals surface area contributed by atoms with Crippen LogP contribution in [0.25, 0.3) is 11.4 Å². The van der Waals surface area contributed by atoms with Gasteiger partial charge < -0.3 is 10.6 Å². The maximum absolute atomic E-state index is 11.7. The number of hydrogen-bond donors (Lipinski definition) is 2. The number of tetrazole rings is 1. The van der Waals surface area contributed by atoms with E-state index in [0.717, 1.165) is 18.7 Å². The third-order valence-electron chi connectivity index (χ3n) is 3.22. The van der Waals surface area contributed by atoms with Crippen molar-refractivity contribution >= 4 is 5.91 Å². The Balaban J connectivity index is 1.55. The molecule has 3 rings (SSSR count). The van der Waals surface area contributed by atoms with E-state index in [0.29, 0.717) is 18.3 Å². The van der Waals surface area contributed by atoms with Crippen LogP contribution in [-0.4, -0.2) is 45.7 Å². The van der Waals surface area contributed by atoms with Gasteiger partial charge in [0.2, 0.25) is 11.7 Å². The van der Waals surface area contributed by atoms with Crippen LogP contribution in [0.4, 0.5) is 0 Å². The SMILES string of the molecule is O=C(Cn1nnc(-c2ccccc2)n1)NCC1CNC1. The Hall–Kier alpha value is -2.28. The molecule has 0 bridgehead atoms. The lowest BCUT2D eigenvalue weighted by molar-refractivity contribution is -0.122. The fourth-order valence-electron chi connectivity index (χ4n) is 1.95. The standard InChI is InChI=1S/C13H16N6O/c20-12(15-8-10-6-14-7-10)9-19-17-13(16-18-19)11-4-2-1-3-5-11/h1-5,10,14H,6-9H2,(H,15,20). The van der Waals surface area contributed by atoms with E-state index in [4.69, 9.17) is 0 Å². The van der Waals surface area contributed by atoms with Crippen LogP contribution in [0.15, 0.2) is 30.3 Å². The minimum atomic E-state index is -0.0890. The summed E-state index contributed by atoms with van der Waals surface area (Å²) < 4.78 is 0. The van der Waals surface area contributed by atoms with Gasteiger partial charge in [-0.15, -0.1) is 10.2 Å². The molecule has 7 nitrogen and oxygen atoms in total. The maximum atomic E-state index is 11.7. The van der Waals surface area contributed by atoms with Gasteiger partial charge in [-0.05, 0) is 5.21 Å². The lowest BCUT2D eigenvalue weighted by atomic mass is 10.0. The first-order chi connectivity index (χ1) is 9.81. The summed E-state index contributed by atoms with van der Waals surface area (Å²) in [5, 5.41) is 18.1. The number of carbonyl (C=O) groups is 1. The van der Waals surface area contributed by atoms with Gasteiger partial charge in [-0.2, -0.15) is 4.80 Å². The zero-order valence-corrected chi connectivity index (χ0v) is 11.0. The van der Waals surface area contributed by atoms with Crippen LogP contribution in [0.2, 0.25) is 0 Å². The number of amides is 1. The number of rotatable bonds is 5. The van der Waals surface area contributed by atoms with E-state index in [1.54, 1.807) is 0 Å². The highest BCUT2D eigenvalue weighted by Crippen LogP contribution is 2.11. The fourth-order valence-corrected chi connectivity index (χ4v) is 1.95. The van der Waals surface area contributed by atoms with Crippen LogP contribution in [0.5, 0.6) is 0 Å². The van der Waals surface area contributed by atoms with Crippen molar-refractivity contribution in [3.05, 3.63) is 30.3 Å². The van der Waals surface area contributed by atoms with E-state index in [1.807, 2.05) is 30.3 Å². The molecule has 2 N–H and O–H groups in total. The summed E-state index contributed by atoms with van der Waals surface area (Å²) in [6.07, 6.45) is 0. The van der Waals surface area contributed by atoms with Crippen LogP contribution in [0.1, 0.15) is 0 Å². The molecule has 0 radical (unpaired) electrons. The van der Waals surface area contributed by atoms with Gasteiger partial charge in [0.25, 0.3) is 0 Å². The molecule has 104 valence electrons. The van der Waals surface area contributed by atoms with Crippen molar-refractivity contribution in [3.63, 3.8) is 0 Å². The topological polar surface area (TPSA) is 84.7 Å². The number of nitrogens with zero attached hydrogens (tertiary/aromatic N) is 4. The van der Waals surface area contributed by atoms with Crippen LogP contribution in [0.3, 0.4) is 0 Å². The Bertz CT molecular complexity index is 578. The van der Waals surface area contributed by atoms with Crippen molar-refractivity contribution < 1.29 is 4.79 Å². The lowest BCUT2D eigenvalue weighted by Gasteiger charge is -2.26. The lowest BCUT2D eigenvalue weighted by Crippen LogP contribution is -2.48. The summed E-state index contributed by atoms with van der Waals surface area (Å²) in [5.41, 5.74) is 0.889. The Labute approximate surface area is 116 Å². The minimum absolute atomic E-state index is 0.0890. The van der Waals surface area contributed by atoms with Gasteiger partial charge in [0.15, 0.2) is 0 Å². The second kappa shape index (κ2) is 5.79. The largest absolute Gasteiger partial charge is 0.354 e. The molecule has 1 fully saturated rings. The highest BCUT2D eigenvalue weighted by molar-refractivity contribution is 5.75. The minimum Gasteiger partial charge on any atom is -0.354 e. The normalized spacial score (nSPS) is 14.8. The van der Waals surface area contributed by atoms with Crippen molar-refractivity contribution in [3.8, 4) is 11.4 Å². The van der Waals surface area contributed by atoms with E-state index < -0.39 is 0 Å². The molecule has 2 heterocycles. The average molecular weight is 272 g/mol. The summed E-state index contributed by atoms with van der Waals surface area (Å²) in [4.78, 5) is 13.1. The van der Waals surface area contributed by atoms with Crippen molar-refractivity contribution in [1.29, 1.82) is 0 Å². The zero-order chi connectivity index (χ0) is 13.8. The van der Waals surface area contributed by atoms with Gasteiger partial charge in [-0.3, -0.25) is 4.79 Å². The first kappa shape index (κ1) is 12.7. The predicted octanol–water partition coefficient (Wildman–Crippen LogP) is -0.324. The number of nitrogens with one attached hydrogen (secondary N) is 2. The smallest absolute Gasteiger partial charge is 0.243 e. The number of aromatic nitrogens is 4. The monoisotopic (exact) mass is 272 g/mol. The van der Waals surface area contributed by atoms with Crippen molar-refractivity contribution in [2.75, 3.05) is 19.6 Å². The van der Waals surface area contributed by atoms with Gasteiger partial charge in [-0.1, -0.05) is 30.3 Å². The summed E-state index contributed by atoms with van der Waals surface area (Å²) in [5.74, 6) is 0.984. The Morgan fingerprint density at radius 1 is 1.35 bits per heavy atom. The van der Waals surface area contributed by atoms with Gasteiger partial charge in [0.1, 0.15) is 6.54 Å². The molecule has 20 heavy (non-hydrogen) atoms. The Kier molecular flexibility index (Phi) is 3.69. The number of carbonyl (C=O) groups excluding carboxylic acids is 1. The molecule has 1 aliphatic heterocycles. The Morgan fingerprint density at radius 3 is 2.85 bits per heavy atom. The molecule has 1 amide bonds. The summed E-state index contributed by atoms with van der Waals surface area (Å²) in [7, 11) is 0. The quantitative estimate of drug-likeness (QED) is 0.779. The summed E-state index contributed by atoms with van der Waals surface area (Å²) in [6, 6.07) is 9.57. The molecule has 1 aromatic heterocycles. The number of hydrogen-bond acceptors (Lipinski definition) is 5. The van der Waals surface area contributed by atoms with Crippen LogP contribution < -0.4 is 10.6 Å².